The number of nitrogens with zero attached hydrogens (tertiary/aromatic N) is 2. The van der Waals surface area contributed by atoms with E-state index in [0.29, 0.717) is 6.04 Å². The summed E-state index contributed by atoms with van der Waals surface area (Å²) in [7, 11) is 0. The van der Waals surface area contributed by atoms with Crippen LogP contribution >= 0.6 is 11.8 Å². The summed E-state index contributed by atoms with van der Waals surface area (Å²) in [6.45, 7) is 9.78. The molecule has 1 rings (SSSR count). The second kappa shape index (κ2) is 12.2. The van der Waals surface area contributed by atoms with Gasteiger partial charge in [0.15, 0.2) is 5.96 Å². The number of likely N-dealkylation sites (tertiary alicyclic amines) is 1. The lowest BCUT2D eigenvalue weighted by Crippen LogP contribution is -2.40. The molecule has 0 radical (unpaired) electrons. The molecule has 4 nitrogen and oxygen atoms in total. The van der Waals surface area contributed by atoms with Crippen molar-refractivity contribution in [2.75, 3.05) is 44.7 Å². The summed E-state index contributed by atoms with van der Waals surface area (Å²) in [5.74, 6) is 2.24. The summed E-state index contributed by atoms with van der Waals surface area (Å²) in [5, 5.41) is 6.82. The average molecular weight is 315 g/mol. The second-order valence-electron chi connectivity index (χ2n) is 5.65. The maximum absolute atomic E-state index is 4.79. The Morgan fingerprint density at radius 1 is 1.19 bits per heavy atom. The van der Waals surface area contributed by atoms with E-state index in [-0.39, 0.29) is 0 Å². The van der Waals surface area contributed by atoms with Crippen molar-refractivity contribution in [1.29, 1.82) is 0 Å². The Labute approximate surface area is 135 Å². The summed E-state index contributed by atoms with van der Waals surface area (Å²) in [6.07, 6.45) is 8.56. The lowest BCUT2D eigenvalue weighted by molar-refractivity contribution is 0.242. The Morgan fingerprint density at radius 2 is 1.95 bits per heavy atom. The van der Waals surface area contributed by atoms with Crippen LogP contribution in [0, 0.1) is 0 Å². The fourth-order valence-corrected chi connectivity index (χ4v) is 3.22. The zero-order valence-electron chi connectivity index (χ0n) is 14.2. The fraction of sp³-hybridized carbons (Fsp3) is 0.938. The van der Waals surface area contributed by atoms with E-state index in [1.54, 1.807) is 0 Å². The van der Waals surface area contributed by atoms with Crippen LogP contribution in [0.4, 0.5) is 0 Å². The van der Waals surface area contributed by atoms with Crippen LogP contribution in [-0.4, -0.2) is 61.6 Å². The van der Waals surface area contributed by atoms with Crippen molar-refractivity contribution >= 4 is 17.7 Å². The van der Waals surface area contributed by atoms with Gasteiger partial charge in [-0.2, -0.15) is 11.8 Å². The molecule has 1 atom stereocenters. The summed E-state index contributed by atoms with van der Waals surface area (Å²) in [6, 6.07) is 0.611. The normalized spacial score (nSPS) is 18.0. The first kappa shape index (κ1) is 18.6. The molecule has 0 saturated carbocycles. The minimum atomic E-state index is 0.611. The molecule has 0 aliphatic carbocycles. The predicted molar refractivity (Wildman–Crippen MR) is 96.5 cm³/mol. The molecule has 5 heteroatoms. The van der Waals surface area contributed by atoms with Gasteiger partial charge in [0.2, 0.25) is 0 Å². The first-order valence-corrected chi connectivity index (χ1v) is 9.96. The van der Waals surface area contributed by atoms with Crippen LogP contribution in [0.1, 0.15) is 46.0 Å². The van der Waals surface area contributed by atoms with Crippen molar-refractivity contribution in [3.8, 4) is 0 Å². The average Bonchev–Trinajstić information content (AvgIpc) is 3.01. The van der Waals surface area contributed by atoms with Gasteiger partial charge in [-0.25, -0.2) is 0 Å². The molecule has 0 spiro atoms. The van der Waals surface area contributed by atoms with E-state index in [0.717, 1.165) is 25.6 Å². The molecule has 21 heavy (non-hydrogen) atoms. The molecule has 1 aliphatic rings. The number of aliphatic imine (C=N–C) groups is 1. The van der Waals surface area contributed by atoms with Crippen LogP contribution in [0.2, 0.25) is 0 Å². The Bertz CT molecular complexity index is 277. The summed E-state index contributed by atoms with van der Waals surface area (Å²) >= 11 is 1.92. The molecular weight excluding hydrogens is 280 g/mol. The maximum atomic E-state index is 4.79. The van der Waals surface area contributed by atoms with Gasteiger partial charge in [-0.05, 0) is 64.1 Å². The second-order valence-corrected chi connectivity index (χ2v) is 6.64. The number of guanidine groups is 1. The van der Waals surface area contributed by atoms with Crippen molar-refractivity contribution in [2.45, 2.75) is 52.0 Å². The minimum Gasteiger partial charge on any atom is -0.357 e. The van der Waals surface area contributed by atoms with E-state index >= 15 is 0 Å². The number of thioether (sulfide) groups is 1. The molecule has 1 fully saturated rings. The highest BCUT2D eigenvalue weighted by Crippen LogP contribution is 2.14. The number of hydrogen-bond donors (Lipinski definition) is 2. The molecular formula is C16H34N4S. The number of rotatable bonds is 10. The highest BCUT2D eigenvalue weighted by molar-refractivity contribution is 7.98. The summed E-state index contributed by atoms with van der Waals surface area (Å²) in [5.41, 5.74) is 0. The SMILES string of the molecule is CCNC(=NCC(CC)N1CCCC1)NCCCCSC. The molecule has 2 N–H and O–H groups in total. The zero-order valence-corrected chi connectivity index (χ0v) is 15.0. The topological polar surface area (TPSA) is 39.7 Å². The molecule has 124 valence electrons. The van der Waals surface area contributed by atoms with Crippen molar-refractivity contribution in [2.24, 2.45) is 4.99 Å². The first-order chi connectivity index (χ1) is 10.3. The van der Waals surface area contributed by atoms with Gasteiger partial charge in [-0.3, -0.25) is 9.89 Å². The lowest BCUT2D eigenvalue weighted by Gasteiger charge is -2.25. The maximum Gasteiger partial charge on any atom is 0.191 e. The Balaban J connectivity index is 2.34. The van der Waals surface area contributed by atoms with E-state index < -0.39 is 0 Å². The molecule has 0 amide bonds. The highest BCUT2D eigenvalue weighted by atomic mass is 32.2. The smallest absolute Gasteiger partial charge is 0.191 e. The third-order valence-corrected chi connectivity index (χ3v) is 4.70. The first-order valence-electron chi connectivity index (χ1n) is 8.57. The number of unbranched alkanes of at least 4 members (excludes halogenated alkanes) is 1. The van der Waals surface area contributed by atoms with Crippen molar-refractivity contribution < 1.29 is 0 Å². The van der Waals surface area contributed by atoms with Crippen LogP contribution in [0.25, 0.3) is 0 Å². The van der Waals surface area contributed by atoms with Crippen LogP contribution in [0.15, 0.2) is 4.99 Å². The third kappa shape index (κ3) is 7.96. The molecule has 1 heterocycles. The monoisotopic (exact) mass is 314 g/mol. The van der Waals surface area contributed by atoms with E-state index in [1.165, 1.54) is 50.9 Å². The quantitative estimate of drug-likeness (QED) is 0.369. The van der Waals surface area contributed by atoms with Gasteiger partial charge in [-0.1, -0.05) is 6.92 Å². The lowest BCUT2D eigenvalue weighted by atomic mass is 10.2. The van der Waals surface area contributed by atoms with Gasteiger partial charge in [0.1, 0.15) is 0 Å². The van der Waals surface area contributed by atoms with Gasteiger partial charge in [0.05, 0.1) is 6.54 Å². The van der Waals surface area contributed by atoms with E-state index in [9.17, 15) is 0 Å². The Morgan fingerprint density at radius 3 is 2.57 bits per heavy atom. The van der Waals surface area contributed by atoms with E-state index in [2.05, 4.69) is 35.6 Å². The van der Waals surface area contributed by atoms with Crippen LogP contribution in [-0.2, 0) is 0 Å². The zero-order chi connectivity index (χ0) is 15.3. The molecule has 1 saturated heterocycles. The summed E-state index contributed by atoms with van der Waals surface area (Å²) in [4.78, 5) is 7.40. The summed E-state index contributed by atoms with van der Waals surface area (Å²) < 4.78 is 0. The molecule has 0 bridgehead atoms. The van der Waals surface area contributed by atoms with Gasteiger partial charge in [0, 0.05) is 19.1 Å². The van der Waals surface area contributed by atoms with Crippen molar-refractivity contribution in [1.82, 2.24) is 15.5 Å². The van der Waals surface area contributed by atoms with Crippen molar-refractivity contribution in [3.05, 3.63) is 0 Å². The van der Waals surface area contributed by atoms with Crippen molar-refractivity contribution in [3.63, 3.8) is 0 Å². The fourth-order valence-electron chi connectivity index (χ4n) is 2.73. The third-order valence-electron chi connectivity index (χ3n) is 4.00. The van der Waals surface area contributed by atoms with E-state index in [4.69, 9.17) is 4.99 Å². The highest BCUT2D eigenvalue weighted by Gasteiger charge is 2.19. The molecule has 0 aromatic carbocycles. The van der Waals surface area contributed by atoms with Gasteiger partial charge < -0.3 is 10.6 Å². The Kier molecular flexibility index (Phi) is 10.8. The van der Waals surface area contributed by atoms with E-state index in [1.807, 2.05) is 11.8 Å². The standard InChI is InChI=1S/C16H34N4S/c1-4-15(20-11-7-8-12-20)14-19-16(17-5-2)18-10-6-9-13-21-3/h15H,4-14H2,1-3H3,(H2,17,18,19). The van der Waals surface area contributed by atoms with Crippen LogP contribution < -0.4 is 10.6 Å². The predicted octanol–water partition coefficient (Wildman–Crippen LogP) is 2.56. The van der Waals surface area contributed by atoms with Crippen LogP contribution in [0.3, 0.4) is 0 Å². The van der Waals surface area contributed by atoms with Gasteiger partial charge in [-0.15, -0.1) is 0 Å². The van der Waals surface area contributed by atoms with Gasteiger partial charge in [0.25, 0.3) is 0 Å². The van der Waals surface area contributed by atoms with Gasteiger partial charge >= 0.3 is 0 Å². The Hall–Kier alpha value is -0.420. The number of nitrogens with one attached hydrogen (secondary N) is 2. The molecule has 1 aliphatic heterocycles. The molecule has 0 aromatic rings. The molecule has 1 unspecified atom stereocenters. The number of hydrogen-bond acceptors (Lipinski definition) is 3. The van der Waals surface area contributed by atoms with Crippen LogP contribution in [0.5, 0.6) is 0 Å². The molecule has 0 aromatic heterocycles. The minimum absolute atomic E-state index is 0.611. The largest absolute Gasteiger partial charge is 0.357 e.